The second-order valence-corrected chi connectivity index (χ2v) is 5.31. The summed E-state index contributed by atoms with van der Waals surface area (Å²) in [5.74, 6) is -0.661. The minimum Gasteiger partial charge on any atom is -0.508 e. The monoisotopic (exact) mass is 339 g/mol. The first-order valence-electron chi connectivity index (χ1n) is 7.73. The molecule has 2 aromatic rings. The molecule has 6 heteroatoms. The van der Waals surface area contributed by atoms with Gasteiger partial charge in [-0.25, -0.2) is 4.39 Å². The van der Waals surface area contributed by atoms with Crippen LogP contribution >= 0.6 is 0 Å². The molecule has 5 nitrogen and oxygen atoms in total. The van der Waals surface area contributed by atoms with Crippen LogP contribution < -0.4 is 10.6 Å². The third-order valence-electron chi connectivity index (χ3n) is 3.50. The zero-order chi connectivity index (χ0) is 18.1. The van der Waals surface area contributed by atoms with E-state index in [1.165, 1.54) is 12.3 Å². The summed E-state index contributed by atoms with van der Waals surface area (Å²) in [6, 6.07) is 14.8. The Kier molecular flexibility index (Phi) is 6.55. The number of hydrogen-bond donors (Lipinski definition) is 3. The van der Waals surface area contributed by atoms with E-state index in [2.05, 4.69) is 10.6 Å². The van der Waals surface area contributed by atoms with Crippen LogP contribution in [0, 0.1) is 17.1 Å². The Morgan fingerprint density at radius 2 is 1.92 bits per heavy atom. The number of amides is 1. The molecule has 3 N–H and O–H groups in total. The number of nitriles is 1. The lowest BCUT2D eigenvalue weighted by atomic mass is 10.1. The van der Waals surface area contributed by atoms with Crippen LogP contribution in [-0.2, 0) is 17.8 Å². The van der Waals surface area contributed by atoms with Crippen molar-refractivity contribution in [2.24, 2.45) is 0 Å². The largest absolute Gasteiger partial charge is 0.508 e. The molecule has 0 aromatic heterocycles. The molecule has 0 aliphatic rings. The molecule has 0 spiro atoms. The van der Waals surface area contributed by atoms with Gasteiger partial charge in [0.1, 0.15) is 23.2 Å². The zero-order valence-corrected chi connectivity index (χ0v) is 13.5. The zero-order valence-electron chi connectivity index (χ0n) is 13.5. The molecule has 2 rings (SSSR count). The van der Waals surface area contributed by atoms with Gasteiger partial charge in [-0.1, -0.05) is 30.3 Å². The van der Waals surface area contributed by atoms with Crippen LogP contribution in [0.5, 0.6) is 5.75 Å². The van der Waals surface area contributed by atoms with Gasteiger partial charge in [0.2, 0.25) is 0 Å². The highest BCUT2D eigenvalue weighted by Crippen LogP contribution is 2.09. The van der Waals surface area contributed by atoms with E-state index in [9.17, 15) is 14.3 Å². The molecule has 1 amide bonds. The molecule has 0 aliphatic carbocycles. The van der Waals surface area contributed by atoms with Crippen molar-refractivity contribution in [1.29, 1.82) is 5.26 Å². The van der Waals surface area contributed by atoms with Gasteiger partial charge in [0.25, 0.3) is 5.91 Å². The molecular formula is C19H18FN3O2. The average Bonchev–Trinajstić information content (AvgIpc) is 2.62. The maximum Gasteiger partial charge on any atom is 0.263 e. The second-order valence-electron chi connectivity index (χ2n) is 5.31. The van der Waals surface area contributed by atoms with E-state index >= 15 is 0 Å². The topological polar surface area (TPSA) is 85.2 Å². The molecule has 0 radical (unpaired) electrons. The number of benzene rings is 2. The standard InChI is InChI=1S/C19H18FN3O2/c20-18-4-2-1-3-15(18)12-22-13-16(11-21)19(25)23-10-9-14-5-7-17(24)8-6-14/h1-8,13,22,24H,9-10,12H2,(H,23,25)/b16-13-. The quantitative estimate of drug-likeness (QED) is 0.534. The van der Waals surface area contributed by atoms with E-state index in [0.29, 0.717) is 18.5 Å². The number of nitrogens with zero attached hydrogens (tertiary/aromatic N) is 1. The fourth-order valence-corrected chi connectivity index (χ4v) is 2.13. The number of nitrogens with one attached hydrogen (secondary N) is 2. The van der Waals surface area contributed by atoms with Crippen molar-refractivity contribution in [2.45, 2.75) is 13.0 Å². The third-order valence-corrected chi connectivity index (χ3v) is 3.50. The van der Waals surface area contributed by atoms with Gasteiger partial charge in [0, 0.05) is 24.9 Å². The summed E-state index contributed by atoms with van der Waals surface area (Å²) >= 11 is 0. The summed E-state index contributed by atoms with van der Waals surface area (Å²) in [5, 5.41) is 23.7. The van der Waals surface area contributed by atoms with Crippen molar-refractivity contribution in [3.8, 4) is 11.8 Å². The minimum absolute atomic E-state index is 0.0814. The van der Waals surface area contributed by atoms with E-state index in [1.807, 2.05) is 6.07 Å². The summed E-state index contributed by atoms with van der Waals surface area (Å²) in [4.78, 5) is 12.0. The van der Waals surface area contributed by atoms with E-state index in [0.717, 1.165) is 5.56 Å². The van der Waals surface area contributed by atoms with Gasteiger partial charge in [-0.2, -0.15) is 5.26 Å². The van der Waals surface area contributed by atoms with Crippen LogP contribution in [0.1, 0.15) is 11.1 Å². The minimum atomic E-state index is -0.498. The van der Waals surface area contributed by atoms with Gasteiger partial charge in [-0.15, -0.1) is 0 Å². The predicted octanol–water partition coefficient (Wildman–Crippen LogP) is 2.39. The van der Waals surface area contributed by atoms with Gasteiger partial charge in [0.15, 0.2) is 0 Å². The predicted molar refractivity (Wildman–Crippen MR) is 91.8 cm³/mol. The first-order chi connectivity index (χ1) is 12.1. The number of rotatable bonds is 7. The highest BCUT2D eigenvalue weighted by atomic mass is 19.1. The van der Waals surface area contributed by atoms with E-state index in [-0.39, 0.29) is 23.7 Å². The number of aromatic hydroxyl groups is 1. The molecule has 0 saturated heterocycles. The highest BCUT2D eigenvalue weighted by Gasteiger charge is 2.08. The van der Waals surface area contributed by atoms with Crippen molar-refractivity contribution in [1.82, 2.24) is 10.6 Å². The van der Waals surface area contributed by atoms with Crippen molar-refractivity contribution in [3.05, 3.63) is 77.2 Å². The molecule has 0 saturated carbocycles. The molecule has 0 atom stereocenters. The molecule has 0 aliphatic heterocycles. The molecule has 0 fully saturated rings. The smallest absolute Gasteiger partial charge is 0.263 e. The Morgan fingerprint density at radius 3 is 2.60 bits per heavy atom. The van der Waals surface area contributed by atoms with Crippen molar-refractivity contribution < 1.29 is 14.3 Å². The van der Waals surface area contributed by atoms with Gasteiger partial charge in [-0.05, 0) is 30.2 Å². The summed E-state index contributed by atoms with van der Waals surface area (Å²) in [7, 11) is 0. The SMILES string of the molecule is N#C/C(=C/NCc1ccccc1F)C(=O)NCCc1ccc(O)cc1. The first kappa shape index (κ1) is 18.0. The van der Waals surface area contributed by atoms with Gasteiger partial charge < -0.3 is 15.7 Å². The maximum absolute atomic E-state index is 13.5. The fourth-order valence-electron chi connectivity index (χ4n) is 2.13. The van der Waals surface area contributed by atoms with Crippen LogP contribution in [0.3, 0.4) is 0 Å². The summed E-state index contributed by atoms with van der Waals surface area (Å²) in [6.45, 7) is 0.536. The summed E-state index contributed by atoms with van der Waals surface area (Å²) < 4.78 is 13.5. The Balaban J connectivity index is 1.82. The van der Waals surface area contributed by atoms with Crippen molar-refractivity contribution in [3.63, 3.8) is 0 Å². The van der Waals surface area contributed by atoms with Gasteiger partial charge in [-0.3, -0.25) is 4.79 Å². The van der Waals surface area contributed by atoms with Crippen LogP contribution in [-0.4, -0.2) is 17.6 Å². The Morgan fingerprint density at radius 1 is 1.20 bits per heavy atom. The Labute approximate surface area is 145 Å². The summed E-state index contributed by atoms with van der Waals surface area (Å²) in [5.41, 5.74) is 1.32. The number of hydrogen-bond acceptors (Lipinski definition) is 4. The molecule has 0 heterocycles. The van der Waals surface area contributed by atoms with Crippen LogP contribution in [0.2, 0.25) is 0 Å². The molecule has 25 heavy (non-hydrogen) atoms. The maximum atomic E-state index is 13.5. The lowest BCUT2D eigenvalue weighted by Crippen LogP contribution is -2.27. The fraction of sp³-hybridized carbons (Fsp3) is 0.158. The number of halogens is 1. The molecule has 0 unspecified atom stereocenters. The lowest BCUT2D eigenvalue weighted by molar-refractivity contribution is -0.117. The normalized spacial score (nSPS) is 10.8. The molecule has 128 valence electrons. The number of carbonyl (C=O) groups excluding carboxylic acids is 1. The number of phenols is 1. The number of carbonyl (C=O) groups is 1. The average molecular weight is 339 g/mol. The molecular weight excluding hydrogens is 321 g/mol. The second kappa shape index (κ2) is 9.08. The summed E-state index contributed by atoms with van der Waals surface area (Å²) in [6.07, 6.45) is 1.86. The third kappa shape index (κ3) is 5.66. The lowest BCUT2D eigenvalue weighted by Gasteiger charge is -2.06. The molecule has 0 bridgehead atoms. The highest BCUT2D eigenvalue weighted by molar-refractivity contribution is 5.97. The Hall–Kier alpha value is -3.33. The van der Waals surface area contributed by atoms with Crippen molar-refractivity contribution in [2.75, 3.05) is 6.54 Å². The first-order valence-corrected chi connectivity index (χ1v) is 7.73. The van der Waals surface area contributed by atoms with Crippen LogP contribution in [0.4, 0.5) is 4.39 Å². The van der Waals surface area contributed by atoms with Gasteiger partial charge in [0.05, 0.1) is 0 Å². The van der Waals surface area contributed by atoms with E-state index < -0.39 is 5.91 Å². The van der Waals surface area contributed by atoms with Crippen LogP contribution in [0.25, 0.3) is 0 Å². The number of phenolic OH excluding ortho intramolecular Hbond substituents is 1. The molecule has 2 aromatic carbocycles. The van der Waals surface area contributed by atoms with E-state index in [1.54, 1.807) is 42.5 Å². The van der Waals surface area contributed by atoms with E-state index in [4.69, 9.17) is 5.26 Å². The van der Waals surface area contributed by atoms with Crippen LogP contribution in [0.15, 0.2) is 60.3 Å². The van der Waals surface area contributed by atoms with Crippen molar-refractivity contribution >= 4 is 5.91 Å². The Bertz CT molecular complexity index is 795. The van der Waals surface area contributed by atoms with Gasteiger partial charge >= 0.3 is 0 Å².